The molecule has 150 valence electrons. The number of sulfonamides is 1. The third kappa shape index (κ3) is 3.46. The minimum atomic E-state index is -3.61. The second-order valence-electron chi connectivity index (χ2n) is 6.92. The summed E-state index contributed by atoms with van der Waals surface area (Å²) in [5.74, 6) is -0.462. The predicted octanol–water partition coefficient (Wildman–Crippen LogP) is 2.65. The summed E-state index contributed by atoms with van der Waals surface area (Å²) in [6.07, 6.45) is 0.872. The molecular weight excluding hydrogens is 425 g/mol. The average molecular weight is 444 g/mol. The number of carbonyl (C=O) groups excluding carboxylic acids is 1. The Labute approximate surface area is 171 Å². The van der Waals surface area contributed by atoms with Gasteiger partial charge in [0.2, 0.25) is 5.91 Å². The van der Waals surface area contributed by atoms with Crippen LogP contribution >= 0.6 is 22.9 Å². The lowest BCUT2D eigenvalue weighted by molar-refractivity contribution is -0.132. The Bertz CT molecular complexity index is 1000. The molecule has 3 heterocycles. The molecule has 0 atom stereocenters. The molecule has 2 aromatic rings. The zero-order valence-corrected chi connectivity index (χ0v) is 17.3. The van der Waals surface area contributed by atoms with Crippen LogP contribution in [0.5, 0.6) is 0 Å². The molecule has 2 saturated heterocycles. The molecule has 4 rings (SSSR count). The monoisotopic (exact) mass is 443 g/mol. The number of piperidine rings is 1. The largest absolute Gasteiger partial charge is 0.319 e. The van der Waals surface area contributed by atoms with Crippen LogP contribution in [0.15, 0.2) is 40.6 Å². The second-order valence-corrected chi connectivity index (χ2v) is 10.8. The lowest BCUT2D eigenvalue weighted by Gasteiger charge is -2.44. The van der Waals surface area contributed by atoms with E-state index in [1.54, 1.807) is 29.2 Å². The van der Waals surface area contributed by atoms with E-state index in [0.29, 0.717) is 22.7 Å². The van der Waals surface area contributed by atoms with Crippen LogP contribution in [0.25, 0.3) is 0 Å². The van der Waals surface area contributed by atoms with Crippen molar-refractivity contribution in [1.82, 2.24) is 14.5 Å². The number of hydrogen-bond acceptors (Lipinski definition) is 5. The van der Waals surface area contributed by atoms with Crippen molar-refractivity contribution >= 4 is 38.9 Å². The molecule has 1 N–H and O–H groups in total. The van der Waals surface area contributed by atoms with Gasteiger partial charge in [0.25, 0.3) is 10.0 Å². The average Bonchev–Trinajstić information content (AvgIpc) is 3.24. The SMILES string of the molecule is O=C1CNC2(CCN(S(=O)(=O)c3ccc(Cl)s3)CC2)N1Cc1ccccc1F. The maximum absolute atomic E-state index is 14.1. The summed E-state index contributed by atoms with van der Waals surface area (Å²) >= 11 is 6.91. The van der Waals surface area contributed by atoms with Gasteiger partial charge < -0.3 is 4.90 Å². The summed E-state index contributed by atoms with van der Waals surface area (Å²) in [6, 6.07) is 9.46. The summed E-state index contributed by atoms with van der Waals surface area (Å²) in [4.78, 5) is 14.1. The maximum Gasteiger partial charge on any atom is 0.252 e. The molecular formula is C18H19ClFN3O3S2. The van der Waals surface area contributed by atoms with Gasteiger partial charge in [-0.25, -0.2) is 12.8 Å². The molecule has 1 aromatic carbocycles. The molecule has 0 aliphatic carbocycles. The first-order valence-corrected chi connectivity index (χ1v) is 11.5. The molecule has 1 amide bonds. The van der Waals surface area contributed by atoms with Gasteiger partial charge in [-0.1, -0.05) is 29.8 Å². The molecule has 1 aromatic heterocycles. The molecule has 2 aliphatic heterocycles. The Morgan fingerprint density at radius 3 is 2.54 bits per heavy atom. The second kappa shape index (κ2) is 7.38. The zero-order valence-electron chi connectivity index (χ0n) is 14.9. The topological polar surface area (TPSA) is 69.7 Å². The molecule has 6 nitrogen and oxygen atoms in total. The third-order valence-corrected chi connectivity index (χ3v) is 8.96. The van der Waals surface area contributed by atoms with Crippen LogP contribution in [0, 0.1) is 5.82 Å². The fraction of sp³-hybridized carbons (Fsp3) is 0.389. The van der Waals surface area contributed by atoms with E-state index < -0.39 is 15.7 Å². The van der Waals surface area contributed by atoms with Crippen LogP contribution < -0.4 is 5.32 Å². The van der Waals surface area contributed by atoms with Crippen molar-refractivity contribution in [3.8, 4) is 0 Å². The number of amides is 1. The normalized spacial score (nSPS) is 20.2. The van der Waals surface area contributed by atoms with Gasteiger partial charge in [-0.2, -0.15) is 4.31 Å². The van der Waals surface area contributed by atoms with Crippen LogP contribution in [0.2, 0.25) is 4.34 Å². The molecule has 10 heteroatoms. The molecule has 0 radical (unpaired) electrons. The van der Waals surface area contributed by atoms with Crippen LogP contribution in [-0.4, -0.2) is 48.8 Å². The van der Waals surface area contributed by atoms with Gasteiger partial charge in [0.1, 0.15) is 10.0 Å². The molecule has 0 unspecified atom stereocenters. The highest BCUT2D eigenvalue weighted by Crippen LogP contribution is 2.35. The fourth-order valence-corrected chi connectivity index (χ4v) is 6.89. The number of carbonyl (C=O) groups is 1. The van der Waals surface area contributed by atoms with Crippen molar-refractivity contribution in [2.75, 3.05) is 19.6 Å². The minimum Gasteiger partial charge on any atom is -0.319 e. The van der Waals surface area contributed by atoms with Gasteiger partial charge in [0.05, 0.1) is 23.1 Å². The fourth-order valence-electron chi connectivity index (χ4n) is 3.81. The highest BCUT2D eigenvalue weighted by atomic mass is 35.5. The van der Waals surface area contributed by atoms with Crippen LogP contribution in [-0.2, 0) is 21.4 Å². The number of benzene rings is 1. The number of nitrogens with one attached hydrogen (secondary N) is 1. The first-order valence-electron chi connectivity index (χ1n) is 8.86. The summed E-state index contributed by atoms with van der Waals surface area (Å²) in [5, 5.41) is 3.24. The van der Waals surface area contributed by atoms with Gasteiger partial charge >= 0.3 is 0 Å². The van der Waals surface area contributed by atoms with E-state index in [1.165, 1.54) is 16.4 Å². The lowest BCUT2D eigenvalue weighted by atomic mass is 9.96. The lowest BCUT2D eigenvalue weighted by Crippen LogP contribution is -2.58. The van der Waals surface area contributed by atoms with Crippen LogP contribution in [0.1, 0.15) is 18.4 Å². The van der Waals surface area contributed by atoms with Crippen molar-refractivity contribution in [2.24, 2.45) is 0 Å². The van der Waals surface area contributed by atoms with E-state index >= 15 is 0 Å². The maximum atomic E-state index is 14.1. The van der Waals surface area contributed by atoms with E-state index in [4.69, 9.17) is 11.6 Å². The summed E-state index contributed by atoms with van der Waals surface area (Å²) in [5.41, 5.74) is -0.208. The smallest absolute Gasteiger partial charge is 0.252 e. The van der Waals surface area contributed by atoms with Gasteiger partial charge in [-0.05, 0) is 31.0 Å². The Morgan fingerprint density at radius 1 is 1.18 bits per heavy atom. The van der Waals surface area contributed by atoms with E-state index in [-0.39, 0.29) is 42.1 Å². The molecule has 2 fully saturated rings. The predicted molar refractivity (Wildman–Crippen MR) is 105 cm³/mol. The zero-order chi connectivity index (χ0) is 19.9. The molecule has 2 aliphatic rings. The van der Waals surface area contributed by atoms with Crippen molar-refractivity contribution in [2.45, 2.75) is 29.3 Å². The summed E-state index contributed by atoms with van der Waals surface area (Å²) in [7, 11) is -3.61. The number of halogens is 2. The van der Waals surface area contributed by atoms with E-state index in [9.17, 15) is 17.6 Å². The third-order valence-electron chi connectivity index (χ3n) is 5.36. The van der Waals surface area contributed by atoms with Gasteiger partial charge in [-0.15, -0.1) is 11.3 Å². The Balaban J connectivity index is 1.52. The van der Waals surface area contributed by atoms with Crippen molar-refractivity contribution in [3.05, 3.63) is 52.1 Å². The van der Waals surface area contributed by atoms with E-state index in [1.807, 2.05) is 0 Å². The molecule has 0 bridgehead atoms. The Kier molecular flexibility index (Phi) is 5.22. The Hall–Kier alpha value is -1.52. The van der Waals surface area contributed by atoms with Crippen LogP contribution in [0.4, 0.5) is 4.39 Å². The number of hydrogen-bond donors (Lipinski definition) is 1. The molecule has 1 spiro atoms. The van der Waals surface area contributed by atoms with Gasteiger partial charge in [-0.3, -0.25) is 10.1 Å². The van der Waals surface area contributed by atoms with Crippen LogP contribution in [0.3, 0.4) is 0 Å². The van der Waals surface area contributed by atoms with E-state index in [0.717, 1.165) is 11.3 Å². The highest BCUT2D eigenvalue weighted by molar-refractivity contribution is 7.91. The van der Waals surface area contributed by atoms with Crippen molar-refractivity contribution in [1.29, 1.82) is 0 Å². The molecule has 28 heavy (non-hydrogen) atoms. The number of thiophene rings is 1. The quantitative estimate of drug-likeness (QED) is 0.788. The first-order chi connectivity index (χ1) is 13.3. The molecule has 0 saturated carbocycles. The Morgan fingerprint density at radius 2 is 1.89 bits per heavy atom. The van der Waals surface area contributed by atoms with Gasteiger partial charge in [0.15, 0.2) is 0 Å². The number of nitrogens with zero attached hydrogens (tertiary/aromatic N) is 2. The summed E-state index contributed by atoms with van der Waals surface area (Å²) in [6.45, 7) is 0.866. The van der Waals surface area contributed by atoms with Gasteiger partial charge in [0, 0.05) is 18.7 Å². The number of rotatable bonds is 4. The highest BCUT2D eigenvalue weighted by Gasteiger charge is 2.48. The minimum absolute atomic E-state index is 0.107. The standard InChI is InChI=1S/C18H19ClFN3O3S2/c19-15-5-6-17(27-15)28(25,26)22-9-7-18(8-10-22)21-11-16(24)23(18)12-13-3-1-2-4-14(13)20/h1-6,21H,7-12H2. The van der Waals surface area contributed by atoms with Crippen molar-refractivity contribution < 1.29 is 17.6 Å². The van der Waals surface area contributed by atoms with Crippen molar-refractivity contribution in [3.63, 3.8) is 0 Å². The van der Waals surface area contributed by atoms with E-state index in [2.05, 4.69) is 5.32 Å². The first kappa shape index (κ1) is 19.8. The summed E-state index contributed by atoms with van der Waals surface area (Å²) < 4.78 is 41.8.